The van der Waals surface area contributed by atoms with Crippen LogP contribution in [0.5, 0.6) is 0 Å². The molecule has 168 valence electrons. The number of fused-ring (bicyclic) bond motifs is 3. The fraction of sp³-hybridized carbons (Fsp3) is 0.400. The fourth-order valence-electron chi connectivity index (χ4n) is 4.58. The van der Waals surface area contributed by atoms with Crippen LogP contribution in [0.1, 0.15) is 49.7 Å². The Balaban J connectivity index is 1.25. The molecule has 0 heterocycles. The van der Waals surface area contributed by atoms with Gasteiger partial charge >= 0.3 is 12.1 Å². The molecule has 2 aromatic carbocycles. The second kappa shape index (κ2) is 9.42. The Morgan fingerprint density at radius 2 is 1.62 bits per heavy atom. The zero-order valence-electron chi connectivity index (χ0n) is 18.0. The van der Waals surface area contributed by atoms with Gasteiger partial charge in [0.05, 0.1) is 6.42 Å². The van der Waals surface area contributed by atoms with E-state index in [1.165, 1.54) is 11.1 Å². The Hall–Kier alpha value is -3.35. The average Bonchev–Trinajstić information content (AvgIpc) is 3.07. The van der Waals surface area contributed by atoms with Gasteiger partial charge in [0.2, 0.25) is 5.91 Å². The molecule has 1 fully saturated rings. The normalized spacial score (nSPS) is 19.8. The number of hydrogen-bond acceptors (Lipinski definition) is 4. The van der Waals surface area contributed by atoms with Crippen molar-refractivity contribution in [2.75, 3.05) is 6.61 Å². The molecule has 7 nitrogen and oxygen atoms in total. The van der Waals surface area contributed by atoms with Gasteiger partial charge in [0.1, 0.15) is 6.61 Å². The van der Waals surface area contributed by atoms with Gasteiger partial charge in [0, 0.05) is 23.9 Å². The smallest absolute Gasteiger partial charge is 0.407 e. The molecule has 3 N–H and O–H groups in total. The first-order valence-electron chi connectivity index (χ1n) is 11.1. The molecule has 32 heavy (non-hydrogen) atoms. The molecule has 2 aromatic rings. The van der Waals surface area contributed by atoms with E-state index in [4.69, 9.17) is 9.84 Å². The maximum Gasteiger partial charge on any atom is 0.407 e. The quantitative estimate of drug-likeness (QED) is 0.586. The summed E-state index contributed by atoms with van der Waals surface area (Å²) in [5.74, 6) is -1.28. The summed E-state index contributed by atoms with van der Waals surface area (Å²) in [6, 6.07) is 15.9. The largest absolute Gasteiger partial charge is 0.481 e. The molecule has 0 bridgehead atoms. The number of nitrogens with one attached hydrogen (secondary N) is 2. The molecule has 0 saturated heterocycles. The molecule has 4 rings (SSSR count). The summed E-state index contributed by atoms with van der Waals surface area (Å²) in [4.78, 5) is 35.5. The van der Waals surface area contributed by atoms with Crippen molar-refractivity contribution < 1.29 is 24.2 Å². The lowest BCUT2D eigenvalue weighted by molar-refractivity contribution is -0.138. The third-order valence-corrected chi connectivity index (χ3v) is 6.43. The van der Waals surface area contributed by atoms with E-state index in [0.29, 0.717) is 19.3 Å². The van der Waals surface area contributed by atoms with Gasteiger partial charge in [-0.1, -0.05) is 55.5 Å². The van der Waals surface area contributed by atoms with Gasteiger partial charge in [-0.25, -0.2) is 4.79 Å². The van der Waals surface area contributed by atoms with Crippen LogP contribution in [-0.2, 0) is 14.3 Å². The van der Waals surface area contributed by atoms with Crippen molar-refractivity contribution in [3.63, 3.8) is 0 Å². The second-order valence-electron chi connectivity index (χ2n) is 8.55. The second-order valence-corrected chi connectivity index (χ2v) is 8.55. The van der Waals surface area contributed by atoms with E-state index in [-0.39, 0.29) is 42.9 Å². The van der Waals surface area contributed by atoms with E-state index in [2.05, 4.69) is 34.9 Å². The van der Waals surface area contributed by atoms with E-state index >= 15 is 0 Å². The van der Waals surface area contributed by atoms with Crippen molar-refractivity contribution in [1.82, 2.24) is 10.6 Å². The Kier molecular flexibility index (Phi) is 6.44. The van der Waals surface area contributed by atoms with Crippen LogP contribution in [0.15, 0.2) is 48.5 Å². The third-order valence-electron chi connectivity index (χ3n) is 6.43. The zero-order valence-corrected chi connectivity index (χ0v) is 18.0. The maximum absolute atomic E-state index is 12.3. The van der Waals surface area contributed by atoms with E-state index < -0.39 is 12.1 Å². The van der Waals surface area contributed by atoms with E-state index in [1.807, 2.05) is 31.2 Å². The highest BCUT2D eigenvalue weighted by atomic mass is 16.5. The van der Waals surface area contributed by atoms with Crippen LogP contribution < -0.4 is 10.6 Å². The molecule has 0 spiro atoms. The van der Waals surface area contributed by atoms with E-state index in [0.717, 1.165) is 11.1 Å². The number of carbonyl (C=O) groups is 3. The molecule has 1 atom stereocenters. The van der Waals surface area contributed by atoms with Crippen LogP contribution in [-0.4, -0.2) is 41.8 Å². The summed E-state index contributed by atoms with van der Waals surface area (Å²) in [5.41, 5.74) is 4.68. The van der Waals surface area contributed by atoms with Crippen molar-refractivity contribution in [1.29, 1.82) is 0 Å². The molecule has 0 radical (unpaired) electrons. The van der Waals surface area contributed by atoms with Crippen molar-refractivity contribution in [3.05, 3.63) is 59.7 Å². The van der Waals surface area contributed by atoms with Gasteiger partial charge in [-0.3, -0.25) is 9.59 Å². The minimum absolute atomic E-state index is 0.00767. The number of aliphatic carboxylic acids is 1. The van der Waals surface area contributed by atoms with Crippen LogP contribution in [0.25, 0.3) is 11.1 Å². The number of carbonyl (C=O) groups excluding carboxylic acids is 2. The topological polar surface area (TPSA) is 105 Å². The lowest BCUT2D eigenvalue weighted by Crippen LogP contribution is -2.51. The SMILES string of the molecule is CCC(CC(=O)O)NC(=O)C1CC(NC(=O)OCC2c3ccccc3-c3ccccc32)C1. The maximum atomic E-state index is 12.3. The monoisotopic (exact) mass is 436 g/mol. The van der Waals surface area contributed by atoms with Crippen LogP contribution >= 0.6 is 0 Å². The first kappa shape index (κ1) is 21.9. The Labute approximate surface area is 187 Å². The van der Waals surface area contributed by atoms with Crippen molar-refractivity contribution in [2.24, 2.45) is 5.92 Å². The Bertz CT molecular complexity index is 969. The first-order chi connectivity index (χ1) is 15.5. The van der Waals surface area contributed by atoms with Crippen LogP contribution in [0.3, 0.4) is 0 Å². The number of alkyl carbamates (subject to hydrolysis) is 1. The predicted octanol–water partition coefficient (Wildman–Crippen LogP) is 3.67. The van der Waals surface area contributed by atoms with Crippen molar-refractivity contribution >= 4 is 18.0 Å². The highest BCUT2D eigenvalue weighted by Crippen LogP contribution is 2.44. The first-order valence-corrected chi connectivity index (χ1v) is 11.1. The summed E-state index contributed by atoms with van der Waals surface area (Å²) in [6.45, 7) is 2.10. The lowest BCUT2D eigenvalue weighted by atomic mass is 9.79. The molecular formula is C25H28N2O5. The summed E-state index contributed by atoms with van der Waals surface area (Å²) in [7, 11) is 0. The number of ether oxygens (including phenoxy) is 1. The van der Waals surface area contributed by atoms with E-state index in [1.54, 1.807) is 0 Å². The Morgan fingerprint density at radius 3 is 2.19 bits per heavy atom. The number of rotatable bonds is 8. The number of carboxylic acids is 1. The molecule has 0 aliphatic heterocycles. The molecule has 2 aliphatic carbocycles. The Morgan fingerprint density at radius 1 is 1.03 bits per heavy atom. The molecule has 7 heteroatoms. The van der Waals surface area contributed by atoms with Crippen LogP contribution in [0.2, 0.25) is 0 Å². The molecular weight excluding hydrogens is 408 g/mol. The van der Waals surface area contributed by atoms with E-state index in [9.17, 15) is 14.4 Å². The summed E-state index contributed by atoms with van der Waals surface area (Å²) in [5, 5.41) is 14.5. The fourth-order valence-corrected chi connectivity index (χ4v) is 4.58. The van der Waals surface area contributed by atoms with Crippen LogP contribution in [0, 0.1) is 5.92 Å². The minimum Gasteiger partial charge on any atom is -0.481 e. The third kappa shape index (κ3) is 4.61. The average molecular weight is 437 g/mol. The zero-order chi connectivity index (χ0) is 22.7. The minimum atomic E-state index is -0.930. The summed E-state index contributed by atoms with van der Waals surface area (Å²) >= 11 is 0. The predicted molar refractivity (Wildman–Crippen MR) is 119 cm³/mol. The number of hydrogen-bond donors (Lipinski definition) is 3. The van der Waals surface area contributed by atoms with Gasteiger partial charge in [-0.05, 0) is 41.5 Å². The molecule has 0 aromatic heterocycles. The highest BCUT2D eigenvalue weighted by Gasteiger charge is 2.37. The van der Waals surface area contributed by atoms with Gasteiger partial charge in [-0.15, -0.1) is 0 Å². The van der Waals surface area contributed by atoms with Gasteiger partial charge in [-0.2, -0.15) is 0 Å². The highest BCUT2D eigenvalue weighted by molar-refractivity contribution is 5.81. The van der Waals surface area contributed by atoms with Gasteiger partial charge < -0.3 is 20.5 Å². The number of amides is 2. The summed E-state index contributed by atoms with van der Waals surface area (Å²) in [6.07, 6.45) is 1.05. The van der Waals surface area contributed by atoms with Crippen molar-refractivity contribution in [3.8, 4) is 11.1 Å². The molecule has 2 amide bonds. The van der Waals surface area contributed by atoms with Crippen LogP contribution in [0.4, 0.5) is 4.79 Å². The lowest BCUT2D eigenvalue weighted by Gasteiger charge is -2.35. The van der Waals surface area contributed by atoms with Gasteiger partial charge in [0.15, 0.2) is 0 Å². The standard InChI is InChI=1S/C25H28N2O5/c1-2-16(13-23(28)29)26-24(30)15-11-17(12-15)27-25(31)32-14-22-20-9-5-3-7-18(20)19-8-4-6-10-21(19)22/h3-10,15-17,22H,2,11-14H2,1H3,(H,26,30)(H,27,31)(H,28,29). The van der Waals surface area contributed by atoms with Gasteiger partial charge in [0.25, 0.3) is 0 Å². The molecule has 2 aliphatic rings. The molecule has 1 unspecified atom stereocenters. The number of benzene rings is 2. The van der Waals surface area contributed by atoms with Crippen molar-refractivity contribution in [2.45, 2.75) is 50.6 Å². The summed E-state index contributed by atoms with van der Waals surface area (Å²) < 4.78 is 5.55. The number of carboxylic acid groups (broad SMARTS) is 1. The molecule has 1 saturated carbocycles.